The van der Waals surface area contributed by atoms with Gasteiger partial charge < -0.3 is 14.5 Å². The molecule has 0 unspecified atom stereocenters. The number of aryl methyl sites for hydroxylation is 1. The van der Waals surface area contributed by atoms with Gasteiger partial charge in [0.2, 0.25) is 5.91 Å². The molecule has 0 saturated heterocycles. The molecule has 0 saturated carbocycles. The van der Waals surface area contributed by atoms with Crippen LogP contribution in [0.4, 0.5) is 5.69 Å². The number of hydrogen-bond acceptors (Lipinski definition) is 8. The lowest BCUT2D eigenvalue weighted by Gasteiger charge is -2.09. The first-order valence-electron chi connectivity index (χ1n) is 10.1. The van der Waals surface area contributed by atoms with Gasteiger partial charge in [0.15, 0.2) is 5.16 Å². The number of benzene rings is 2. The van der Waals surface area contributed by atoms with Crippen molar-refractivity contribution in [2.24, 2.45) is 0 Å². The minimum Gasteiger partial charge on any atom is -0.460 e. The molecule has 0 bridgehead atoms. The Morgan fingerprint density at radius 1 is 1.21 bits per heavy atom. The Balaban J connectivity index is 1.42. The SMILES string of the molecule is CC(=O)Nc1ccc2c(COC(=O)CSc3nncn3-c3ccc(C)c(Cl)c3)cc(=O)oc2c1. The molecule has 1 N–H and O–H groups in total. The minimum absolute atomic E-state index is 0.00958. The number of hydrogen-bond donors (Lipinski definition) is 1. The predicted octanol–water partition coefficient (Wildman–Crippen LogP) is 4.13. The van der Waals surface area contributed by atoms with E-state index >= 15 is 0 Å². The molecule has 2 aromatic carbocycles. The summed E-state index contributed by atoms with van der Waals surface area (Å²) < 4.78 is 12.3. The zero-order valence-corrected chi connectivity index (χ0v) is 19.8. The van der Waals surface area contributed by atoms with Gasteiger partial charge in [-0.25, -0.2) is 4.79 Å². The number of rotatable bonds is 7. The molecule has 34 heavy (non-hydrogen) atoms. The highest BCUT2D eigenvalue weighted by Gasteiger charge is 2.14. The summed E-state index contributed by atoms with van der Waals surface area (Å²) in [6, 6.07) is 11.8. The van der Waals surface area contributed by atoms with E-state index in [1.165, 1.54) is 24.8 Å². The van der Waals surface area contributed by atoms with Crippen molar-refractivity contribution >= 4 is 51.9 Å². The third-order valence-electron chi connectivity index (χ3n) is 4.81. The highest BCUT2D eigenvalue weighted by atomic mass is 35.5. The summed E-state index contributed by atoms with van der Waals surface area (Å²) in [6.07, 6.45) is 1.54. The minimum atomic E-state index is -0.585. The molecule has 4 rings (SSSR count). The second kappa shape index (κ2) is 10.1. The van der Waals surface area contributed by atoms with Crippen molar-refractivity contribution in [3.8, 4) is 5.69 Å². The van der Waals surface area contributed by atoms with Gasteiger partial charge in [0.1, 0.15) is 18.5 Å². The van der Waals surface area contributed by atoms with Crippen LogP contribution in [0.1, 0.15) is 18.1 Å². The Morgan fingerprint density at radius 2 is 2.03 bits per heavy atom. The topological polar surface area (TPSA) is 116 Å². The second-order valence-corrected chi connectivity index (χ2v) is 8.70. The molecule has 0 aliphatic rings. The molecule has 2 heterocycles. The number of aromatic nitrogens is 3. The monoisotopic (exact) mass is 498 g/mol. The average molecular weight is 499 g/mol. The Morgan fingerprint density at radius 3 is 2.79 bits per heavy atom. The summed E-state index contributed by atoms with van der Waals surface area (Å²) >= 11 is 7.38. The van der Waals surface area contributed by atoms with Crippen molar-refractivity contribution in [2.75, 3.05) is 11.1 Å². The summed E-state index contributed by atoms with van der Waals surface area (Å²) in [5.74, 6) is -0.743. The summed E-state index contributed by atoms with van der Waals surface area (Å²) in [5, 5.41) is 12.3. The number of nitrogens with zero attached hydrogens (tertiary/aromatic N) is 3. The van der Waals surface area contributed by atoms with E-state index in [1.54, 1.807) is 35.2 Å². The standard InChI is InChI=1S/C23H19ClN4O5S/c1-13-3-5-17(9-19(13)24)28-12-25-27-23(28)34-11-22(31)32-10-15-7-21(30)33-20-8-16(26-14(2)29)4-6-18(15)20/h3-9,12H,10-11H2,1-2H3,(H,26,29). The first-order chi connectivity index (χ1) is 16.3. The van der Waals surface area contributed by atoms with E-state index in [0.29, 0.717) is 26.8 Å². The Kier molecular flexibility index (Phi) is 6.99. The molecular formula is C23H19ClN4O5S. The molecule has 0 atom stereocenters. The first-order valence-corrected chi connectivity index (χ1v) is 11.5. The number of fused-ring (bicyclic) bond motifs is 1. The second-order valence-electron chi connectivity index (χ2n) is 7.35. The van der Waals surface area contributed by atoms with Crippen LogP contribution in [0.3, 0.4) is 0 Å². The summed E-state index contributed by atoms with van der Waals surface area (Å²) in [7, 11) is 0. The van der Waals surface area contributed by atoms with E-state index in [1.807, 2.05) is 19.1 Å². The van der Waals surface area contributed by atoms with Gasteiger partial charge in [-0.15, -0.1) is 10.2 Å². The Hall–Kier alpha value is -3.63. The number of halogens is 1. The van der Waals surface area contributed by atoms with E-state index in [0.717, 1.165) is 11.3 Å². The molecule has 0 spiro atoms. The quantitative estimate of drug-likeness (QED) is 0.230. The number of ether oxygens (including phenoxy) is 1. The van der Waals surface area contributed by atoms with E-state index in [4.69, 9.17) is 20.8 Å². The number of carbonyl (C=O) groups is 2. The molecule has 0 aliphatic heterocycles. The fourth-order valence-electron chi connectivity index (χ4n) is 3.19. The zero-order chi connectivity index (χ0) is 24.2. The van der Waals surface area contributed by atoms with Crippen LogP contribution in [0.25, 0.3) is 16.7 Å². The van der Waals surface area contributed by atoms with Crippen molar-refractivity contribution in [1.29, 1.82) is 0 Å². The van der Waals surface area contributed by atoms with Gasteiger partial charge in [-0.2, -0.15) is 0 Å². The van der Waals surface area contributed by atoms with Crippen molar-refractivity contribution in [3.63, 3.8) is 0 Å². The average Bonchev–Trinajstić information content (AvgIpc) is 3.26. The zero-order valence-electron chi connectivity index (χ0n) is 18.2. The molecule has 2 aromatic heterocycles. The van der Waals surface area contributed by atoms with Crippen LogP contribution in [0.2, 0.25) is 5.02 Å². The fourth-order valence-corrected chi connectivity index (χ4v) is 4.09. The van der Waals surface area contributed by atoms with Gasteiger partial charge in [-0.05, 0) is 36.8 Å². The van der Waals surface area contributed by atoms with E-state index in [9.17, 15) is 14.4 Å². The van der Waals surface area contributed by atoms with Gasteiger partial charge in [0.25, 0.3) is 0 Å². The summed E-state index contributed by atoms with van der Waals surface area (Å²) in [4.78, 5) is 35.6. The van der Waals surface area contributed by atoms with Gasteiger partial charge >= 0.3 is 11.6 Å². The number of amides is 1. The maximum atomic E-state index is 12.4. The lowest BCUT2D eigenvalue weighted by Crippen LogP contribution is -2.10. The van der Waals surface area contributed by atoms with Crippen molar-refractivity contribution in [3.05, 3.63) is 75.4 Å². The number of carbonyl (C=O) groups excluding carboxylic acids is 2. The third kappa shape index (κ3) is 5.46. The fraction of sp³-hybridized carbons (Fsp3) is 0.174. The summed E-state index contributed by atoms with van der Waals surface area (Å²) in [6.45, 7) is 3.18. The van der Waals surface area contributed by atoms with Crippen molar-refractivity contribution in [2.45, 2.75) is 25.6 Å². The van der Waals surface area contributed by atoms with Crippen LogP contribution in [0.15, 0.2) is 63.2 Å². The van der Waals surface area contributed by atoms with Crippen LogP contribution in [0.5, 0.6) is 0 Å². The number of nitrogens with one attached hydrogen (secondary N) is 1. The molecule has 174 valence electrons. The molecule has 9 nitrogen and oxygen atoms in total. The molecule has 1 amide bonds. The normalized spacial score (nSPS) is 10.9. The van der Waals surface area contributed by atoms with Crippen LogP contribution < -0.4 is 10.9 Å². The smallest absolute Gasteiger partial charge is 0.336 e. The van der Waals surface area contributed by atoms with E-state index < -0.39 is 11.6 Å². The number of esters is 1. The maximum Gasteiger partial charge on any atom is 0.336 e. The highest BCUT2D eigenvalue weighted by Crippen LogP contribution is 2.25. The highest BCUT2D eigenvalue weighted by molar-refractivity contribution is 7.99. The van der Waals surface area contributed by atoms with E-state index in [2.05, 4.69) is 15.5 Å². The molecule has 11 heteroatoms. The van der Waals surface area contributed by atoms with Gasteiger partial charge in [-0.1, -0.05) is 29.4 Å². The molecular weight excluding hydrogens is 480 g/mol. The van der Waals surface area contributed by atoms with Crippen LogP contribution in [-0.2, 0) is 20.9 Å². The Labute approximate surface area is 203 Å². The van der Waals surface area contributed by atoms with Crippen molar-refractivity contribution in [1.82, 2.24) is 14.8 Å². The van der Waals surface area contributed by atoms with Gasteiger partial charge in [0, 0.05) is 40.7 Å². The summed E-state index contributed by atoms with van der Waals surface area (Å²) in [5.41, 5.74) is 2.41. The third-order valence-corrected chi connectivity index (χ3v) is 6.13. The molecule has 4 aromatic rings. The number of anilines is 1. The van der Waals surface area contributed by atoms with Crippen LogP contribution in [-0.4, -0.2) is 32.4 Å². The van der Waals surface area contributed by atoms with E-state index in [-0.39, 0.29) is 23.8 Å². The van der Waals surface area contributed by atoms with Gasteiger partial charge in [-0.3, -0.25) is 14.2 Å². The van der Waals surface area contributed by atoms with Crippen LogP contribution >= 0.6 is 23.4 Å². The first kappa shape index (κ1) is 23.5. The maximum absolute atomic E-state index is 12.4. The molecule has 0 radical (unpaired) electrons. The predicted molar refractivity (Wildman–Crippen MR) is 128 cm³/mol. The lowest BCUT2D eigenvalue weighted by atomic mass is 10.1. The van der Waals surface area contributed by atoms with Crippen LogP contribution in [0, 0.1) is 6.92 Å². The van der Waals surface area contributed by atoms with Crippen molar-refractivity contribution < 1.29 is 18.7 Å². The largest absolute Gasteiger partial charge is 0.460 e. The number of thioether (sulfide) groups is 1. The molecule has 0 aliphatic carbocycles. The lowest BCUT2D eigenvalue weighted by molar-refractivity contribution is -0.141. The Bertz CT molecular complexity index is 1450. The molecule has 0 fully saturated rings. The van der Waals surface area contributed by atoms with Gasteiger partial charge in [0.05, 0.1) is 11.4 Å².